The summed E-state index contributed by atoms with van der Waals surface area (Å²) in [6.07, 6.45) is 2.18. The van der Waals surface area contributed by atoms with E-state index in [0.717, 1.165) is 25.9 Å². The zero-order valence-corrected chi connectivity index (χ0v) is 9.84. The van der Waals surface area contributed by atoms with Crippen LogP contribution in [0.15, 0.2) is 12.2 Å². The molecule has 0 aliphatic heterocycles. The van der Waals surface area contributed by atoms with Crippen LogP contribution in [0.4, 0.5) is 0 Å². The van der Waals surface area contributed by atoms with Crippen LogP contribution in [0.2, 0.25) is 0 Å². The predicted octanol–water partition coefficient (Wildman–Crippen LogP) is 1.36. The molecule has 0 spiro atoms. The molecule has 0 unspecified atom stereocenters. The maximum Gasteiger partial charge on any atom is 0.248 e. The highest BCUT2D eigenvalue weighted by molar-refractivity contribution is 5.91. The van der Waals surface area contributed by atoms with E-state index in [4.69, 9.17) is 0 Å². The van der Waals surface area contributed by atoms with Gasteiger partial charge in [0, 0.05) is 19.2 Å². The summed E-state index contributed by atoms with van der Waals surface area (Å²) in [5.74, 6) is 0.0508. The van der Waals surface area contributed by atoms with E-state index >= 15 is 0 Å². The lowest BCUT2D eigenvalue weighted by Gasteiger charge is -2.17. The fourth-order valence-corrected chi connectivity index (χ4v) is 1.20. The summed E-state index contributed by atoms with van der Waals surface area (Å²) in [7, 11) is 5.94. The minimum Gasteiger partial charge on any atom is -0.342 e. The summed E-state index contributed by atoms with van der Waals surface area (Å²) in [6, 6.07) is 0. The minimum absolute atomic E-state index is 0.0508. The molecule has 0 heterocycles. The van der Waals surface area contributed by atoms with Gasteiger partial charge in [0.1, 0.15) is 0 Å². The summed E-state index contributed by atoms with van der Waals surface area (Å²) < 4.78 is 0. The molecule has 0 atom stereocenters. The maximum absolute atomic E-state index is 11.4. The van der Waals surface area contributed by atoms with Gasteiger partial charge in [0.05, 0.1) is 0 Å². The van der Waals surface area contributed by atoms with Gasteiger partial charge in [0.25, 0.3) is 0 Å². The molecule has 3 nitrogen and oxygen atoms in total. The van der Waals surface area contributed by atoms with Crippen molar-refractivity contribution in [3.05, 3.63) is 12.2 Å². The molecule has 0 aromatic heterocycles. The van der Waals surface area contributed by atoms with Gasteiger partial charge in [-0.2, -0.15) is 0 Å². The van der Waals surface area contributed by atoms with Crippen LogP contribution >= 0.6 is 0 Å². The van der Waals surface area contributed by atoms with E-state index in [1.165, 1.54) is 0 Å². The Hall–Kier alpha value is -0.830. The van der Waals surface area contributed by atoms with Gasteiger partial charge in [0.15, 0.2) is 0 Å². The number of amides is 1. The third-order valence-corrected chi connectivity index (χ3v) is 2.06. The van der Waals surface area contributed by atoms with Crippen LogP contribution in [0, 0.1) is 0 Å². The smallest absolute Gasteiger partial charge is 0.248 e. The van der Waals surface area contributed by atoms with Gasteiger partial charge >= 0.3 is 0 Å². The van der Waals surface area contributed by atoms with Crippen molar-refractivity contribution in [2.45, 2.75) is 19.8 Å². The predicted molar refractivity (Wildman–Crippen MR) is 60.2 cm³/mol. The second-order valence-corrected chi connectivity index (χ2v) is 4.02. The normalized spacial score (nSPS) is 10.4. The monoisotopic (exact) mass is 198 g/mol. The van der Waals surface area contributed by atoms with Crippen LogP contribution in [0.5, 0.6) is 0 Å². The Labute approximate surface area is 87.4 Å². The van der Waals surface area contributed by atoms with Gasteiger partial charge in [0.2, 0.25) is 5.91 Å². The van der Waals surface area contributed by atoms with E-state index in [9.17, 15) is 4.79 Å². The molecule has 1 amide bonds. The van der Waals surface area contributed by atoms with Crippen molar-refractivity contribution in [1.82, 2.24) is 9.80 Å². The number of nitrogens with zero attached hydrogens (tertiary/aromatic N) is 2. The molecular weight excluding hydrogens is 176 g/mol. The summed E-state index contributed by atoms with van der Waals surface area (Å²) in [5, 5.41) is 0. The van der Waals surface area contributed by atoms with E-state index in [-0.39, 0.29) is 5.91 Å². The van der Waals surface area contributed by atoms with Crippen molar-refractivity contribution in [1.29, 1.82) is 0 Å². The molecule has 0 aromatic rings. The van der Waals surface area contributed by atoms with Gasteiger partial charge in [-0.25, -0.2) is 0 Å². The molecule has 0 aliphatic rings. The molecule has 82 valence electrons. The molecule has 0 radical (unpaired) electrons. The Morgan fingerprint density at radius 3 is 2.07 bits per heavy atom. The minimum atomic E-state index is 0.0508. The number of likely N-dealkylation sites (N-methyl/N-ethyl adjacent to an activating group) is 1. The molecule has 0 aromatic carbocycles. The lowest BCUT2D eigenvalue weighted by Crippen LogP contribution is -2.28. The SMILES string of the molecule is C=C(C)C(=O)N(C)CCCCN(C)C. The fraction of sp³-hybridized carbons (Fsp3) is 0.727. The van der Waals surface area contributed by atoms with Crippen molar-refractivity contribution < 1.29 is 4.79 Å². The Kier molecular flexibility index (Phi) is 6.21. The van der Waals surface area contributed by atoms with E-state index in [2.05, 4.69) is 25.6 Å². The Morgan fingerprint density at radius 1 is 1.14 bits per heavy atom. The number of hydrogen-bond acceptors (Lipinski definition) is 2. The summed E-state index contributed by atoms with van der Waals surface area (Å²) >= 11 is 0. The third kappa shape index (κ3) is 5.75. The van der Waals surface area contributed by atoms with Crippen LogP contribution in [0.1, 0.15) is 19.8 Å². The van der Waals surface area contributed by atoms with Crippen molar-refractivity contribution in [3.63, 3.8) is 0 Å². The van der Waals surface area contributed by atoms with Crippen LogP contribution < -0.4 is 0 Å². The lowest BCUT2D eigenvalue weighted by atomic mass is 10.2. The third-order valence-electron chi connectivity index (χ3n) is 2.06. The van der Waals surface area contributed by atoms with Crippen LogP contribution in [-0.4, -0.2) is 49.9 Å². The Bertz CT molecular complexity index is 199. The van der Waals surface area contributed by atoms with Crippen LogP contribution in [0.3, 0.4) is 0 Å². The number of hydrogen-bond donors (Lipinski definition) is 0. The van der Waals surface area contributed by atoms with Crippen LogP contribution in [-0.2, 0) is 4.79 Å². The zero-order chi connectivity index (χ0) is 11.1. The first-order chi connectivity index (χ1) is 6.45. The number of rotatable bonds is 6. The highest BCUT2D eigenvalue weighted by atomic mass is 16.2. The molecule has 3 heteroatoms. The highest BCUT2D eigenvalue weighted by Crippen LogP contribution is 1.99. The summed E-state index contributed by atoms with van der Waals surface area (Å²) in [6.45, 7) is 7.28. The molecular formula is C11H22N2O. The fourth-order valence-electron chi connectivity index (χ4n) is 1.20. The first kappa shape index (κ1) is 13.2. The summed E-state index contributed by atoms with van der Waals surface area (Å²) in [4.78, 5) is 15.3. The first-order valence-electron chi connectivity index (χ1n) is 5.01. The Morgan fingerprint density at radius 2 is 1.64 bits per heavy atom. The number of unbranched alkanes of at least 4 members (excludes halogenated alkanes) is 1. The topological polar surface area (TPSA) is 23.6 Å². The molecule has 0 rings (SSSR count). The molecule has 14 heavy (non-hydrogen) atoms. The first-order valence-corrected chi connectivity index (χ1v) is 5.01. The largest absolute Gasteiger partial charge is 0.342 e. The van der Waals surface area contributed by atoms with Crippen LogP contribution in [0.25, 0.3) is 0 Å². The van der Waals surface area contributed by atoms with Crippen molar-refractivity contribution >= 4 is 5.91 Å². The second-order valence-electron chi connectivity index (χ2n) is 4.02. The molecule has 0 N–H and O–H groups in total. The van der Waals surface area contributed by atoms with Crippen molar-refractivity contribution in [2.24, 2.45) is 0 Å². The summed E-state index contributed by atoms with van der Waals surface area (Å²) in [5.41, 5.74) is 0.611. The molecule has 0 saturated heterocycles. The van der Waals surface area contributed by atoms with E-state index < -0.39 is 0 Å². The average Bonchev–Trinajstić information content (AvgIpc) is 2.10. The van der Waals surface area contributed by atoms with E-state index in [1.807, 2.05) is 7.05 Å². The van der Waals surface area contributed by atoms with Gasteiger partial charge in [-0.3, -0.25) is 4.79 Å². The van der Waals surface area contributed by atoms with Gasteiger partial charge < -0.3 is 9.80 Å². The number of carbonyl (C=O) groups excluding carboxylic acids is 1. The average molecular weight is 198 g/mol. The van der Waals surface area contributed by atoms with E-state index in [1.54, 1.807) is 11.8 Å². The quantitative estimate of drug-likeness (QED) is 0.475. The lowest BCUT2D eigenvalue weighted by molar-refractivity contribution is -0.125. The molecule has 0 fully saturated rings. The van der Waals surface area contributed by atoms with Crippen molar-refractivity contribution in [3.8, 4) is 0 Å². The van der Waals surface area contributed by atoms with Gasteiger partial charge in [-0.1, -0.05) is 6.58 Å². The maximum atomic E-state index is 11.4. The molecule has 0 saturated carbocycles. The zero-order valence-electron chi connectivity index (χ0n) is 9.84. The highest BCUT2D eigenvalue weighted by Gasteiger charge is 2.07. The molecule has 0 bridgehead atoms. The van der Waals surface area contributed by atoms with Crippen molar-refractivity contribution in [2.75, 3.05) is 34.2 Å². The molecule has 0 aliphatic carbocycles. The van der Waals surface area contributed by atoms with Gasteiger partial charge in [-0.15, -0.1) is 0 Å². The Balaban J connectivity index is 3.59. The van der Waals surface area contributed by atoms with E-state index in [0.29, 0.717) is 5.57 Å². The van der Waals surface area contributed by atoms with Gasteiger partial charge in [-0.05, 0) is 40.4 Å². The standard InChI is InChI=1S/C11H22N2O/c1-10(2)11(14)13(5)9-7-6-8-12(3)4/h1,6-9H2,2-5H3. The number of carbonyl (C=O) groups is 1. The second kappa shape index (κ2) is 6.60.